The average molecular weight is 432 g/mol. The number of hydrogen-bond donors (Lipinski definition) is 1. The maximum atomic E-state index is 13.0. The number of hydrogen-bond acceptors (Lipinski definition) is 8. The summed E-state index contributed by atoms with van der Waals surface area (Å²) in [5.74, 6) is -2.40. The Hall–Kier alpha value is -2.61. The van der Waals surface area contributed by atoms with E-state index in [4.69, 9.17) is 18.6 Å². The lowest BCUT2D eigenvalue weighted by atomic mass is 9.44. The van der Waals surface area contributed by atoms with E-state index in [0.29, 0.717) is 24.8 Å². The highest BCUT2D eigenvalue weighted by Crippen LogP contribution is 2.65. The minimum Gasteiger partial charge on any atom is -0.472 e. The molecule has 7 atom stereocenters. The summed E-state index contributed by atoms with van der Waals surface area (Å²) in [6.45, 7) is 5.13. The van der Waals surface area contributed by atoms with Crippen molar-refractivity contribution in [3.63, 3.8) is 0 Å². The van der Waals surface area contributed by atoms with Crippen molar-refractivity contribution < 1.29 is 38.1 Å². The summed E-state index contributed by atoms with van der Waals surface area (Å²) in [4.78, 5) is 37.5. The third-order valence-electron chi connectivity index (χ3n) is 7.56. The molecule has 8 heteroatoms. The first-order valence-corrected chi connectivity index (χ1v) is 10.5. The van der Waals surface area contributed by atoms with Crippen LogP contribution in [0.25, 0.3) is 0 Å². The van der Waals surface area contributed by atoms with E-state index in [1.54, 1.807) is 12.3 Å². The minimum absolute atomic E-state index is 0.326. The van der Waals surface area contributed by atoms with E-state index in [2.05, 4.69) is 0 Å². The van der Waals surface area contributed by atoms with Crippen LogP contribution in [0, 0.1) is 22.7 Å². The van der Waals surface area contributed by atoms with Crippen molar-refractivity contribution in [3.05, 3.63) is 35.8 Å². The second-order valence-electron chi connectivity index (χ2n) is 9.32. The molecule has 1 aromatic heterocycles. The van der Waals surface area contributed by atoms with Gasteiger partial charge < -0.3 is 23.7 Å². The van der Waals surface area contributed by atoms with Gasteiger partial charge in [0, 0.05) is 29.4 Å². The molecule has 0 unspecified atom stereocenters. The Morgan fingerprint density at radius 1 is 1.29 bits per heavy atom. The number of cyclic esters (lactones) is 1. The zero-order chi connectivity index (χ0) is 22.6. The molecule has 0 spiro atoms. The zero-order valence-electron chi connectivity index (χ0n) is 18.1. The van der Waals surface area contributed by atoms with Gasteiger partial charge in [-0.05, 0) is 36.8 Å². The van der Waals surface area contributed by atoms with Gasteiger partial charge >= 0.3 is 17.9 Å². The molecule has 2 fully saturated rings. The third-order valence-corrected chi connectivity index (χ3v) is 7.56. The van der Waals surface area contributed by atoms with Crippen molar-refractivity contribution in [1.29, 1.82) is 0 Å². The van der Waals surface area contributed by atoms with Gasteiger partial charge in [-0.25, -0.2) is 4.79 Å². The SMILES string of the molecule is COC(=O)C1=C[C@H](OC(C)=O)[C@H](O)[C@@H]2[C@@]3(C)C[C@@H](c4ccoc4)OC(=O)[C@@H]3CC[C@@]12C. The third kappa shape index (κ3) is 3.28. The number of esters is 3. The molecule has 1 aliphatic heterocycles. The second-order valence-corrected chi connectivity index (χ2v) is 9.32. The summed E-state index contributed by atoms with van der Waals surface area (Å²) in [6.07, 6.45) is 3.40. The lowest BCUT2D eigenvalue weighted by Crippen LogP contribution is -2.63. The van der Waals surface area contributed by atoms with Crippen LogP contribution in [0.15, 0.2) is 34.7 Å². The fourth-order valence-corrected chi connectivity index (χ4v) is 6.26. The molecule has 1 saturated heterocycles. The minimum atomic E-state index is -1.09. The Balaban J connectivity index is 1.82. The molecular weight excluding hydrogens is 404 g/mol. The van der Waals surface area contributed by atoms with Gasteiger partial charge in [0.05, 0.1) is 31.7 Å². The van der Waals surface area contributed by atoms with Crippen LogP contribution in [0.5, 0.6) is 0 Å². The fraction of sp³-hybridized carbons (Fsp3) is 0.609. The Labute approximate surface area is 180 Å². The first kappa shape index (κ1) is 21.6. The molecular formula is C23H28O8. The highest BCUT2D eigenvalue weighted by atomic mass is 16.6. The number of carbonyl (C=O) groups excluding carboxylic acids is 3. The molecule has 0 radical (unpaired) electrons. The van der Waals surface area contributed by atoms with E-state index in [1.165, 1.54) is 26.4 Å². The second kappa shape index (κ2) is 7.51. The molecule has 1 aromatic rings. The number of rotatable bonds is 3. The van der Waals surface area contributed by atoms with Crippen LogP contribution >= 0.6 is 0 Å². The smallest absolute Gasteiger partial charge is 0.334 e. The maximum Gasteiger partial charge on any atom is 0.334 e. The average Bonchev–Trinajstić information content (AvgIpc) is 3.23. The molecule has 2 heterocycles. The molecule has 0 amide bonds. The Bertz CT molecular complexity index is 918. The van der Waals surface area contributed by atoms with Crippen LogP contribution in [-0.2, 0) is 28.6 Å². The van der Waals surface area contributed by atoms with Crippen LogP contribution in [0.3, 0.4) is 0 Å². The van der Waals surface area contributed by atoms with E-state index in [1.807, 2.05) is 13.8 Å². The number of aliphatic hydroxyl groups is 1. The van der Waals surface area contributed by atoms with E-state index in [-0.39, 0.29) is 5.97 Å². The van der Waals surface area contributed by atoms with Gasteiger partial charge in [-0.15, -0.1) is 0 Å². The van der Waals surface area contributed by atoms with Gasteiger partial charge in [0.1, 0.15) is 12.2 Å². The predicted octanol–water partition coefficient (Wildman–Crippen LogP) is 2.71. The quantitative estimate of drug-likeness (QED) is 0.573. The van der Waals surface area contributed by atoms with Crippen LogP contribution in [0.2, 0.25) is 0 Å². The molecule has 0 aromatic carbocycles. The van der Waals surface area contributed by atoms with Gasteiger partial charge in [0.25, 0.3) is 0 Å². The topological polar surface area (TPSA) is 112 Å². The predicted molar refractivity (Wildman–Crippen MR) is 106 cm³/mol. The Kier molecular flexibility index (Phi) is 5.24. The van der Waals surface area contributed by atoms with Crippen LogP contribution in [0.4, 0.5) is 0 Å². The molecule has 2 aliphatic carbocycles. The van der Waals surface area contributed by atoms with Crippen molar-refractivity contribution >= 4 is 17.9 Å². The van der Waals surface area contributed by atoms with Gasteiger partial charge in [0.2, 0.25) is 0 Å². The molecule has 1 saturated carbocycles. The molecule has 31 heavy (non-hydrogen) atoms. The Morgan fingerprint density at radius 3 is 2.65 bits per heavy atom. The lowest BCUT2D eigenvalue weighted by Gasteiger charge is -2.61. The Morgan fingerprint density at radius 2 is 2.03 bits per heavy atom. The summed E-state index contributed by atoms with van der Waals surface area (Å²) < 4.78 is 21.3. The largest absolute Gasteiger partial charge is 0.472 e. The normalized spacial score (nSPS) is 39.5. The van der Waals surface area contributed by atoms with Gasteiger partial charge in [0.15, 0.2) is 0 Å². The fourth-order valence-electron chi connectivity index (χ4n) is 6.26. The van der Waals surface area contributed by atoms with E-state index < -0.39 is 52.9 Å². The summed E-state index contributed by atoms with van der Waals surface area (Å²) in [6, 6.07) is 1.75. The molecule has 8 nitrogen and oxygen atoms in total. The van der Waals surface area contributed by atoms with Crippen molar-refractivity contribution in [3.8, 4) is 0 Å². The van der Waals surface area contributed by atoms with Crippen molar-refractivity contribution in [2.75, 3.05) is 7.11 Å². The number of fused-ring (bicyclic) bond motifs is 3. The summed E-state index contributed by atoms with van der Waals surface area (Å²) in [5.41, 5.74) is -0.358. The van der Waals surface area contributed by atoms with E-state index >= 15 is 0 Å². The number of aliphatic hydroxyl groups excluding tert-OH is 1. The van der Waals surface area contributed by atoms with Gasteiger partial charge in [-0.1, -0.05) is 13.8 Å². The first-order chi connectivity index (χ1) is 14.6. The highest BCUT2D eigenvalue weighted by Gasteiger charge is 2.65. The molecule has 3 aliphatic rings. The van der Waals surface area contributed by atoms with Crippen LogP contribution in [0.1, 0.15) is 51.7 Å². The van der Waals surface area contributed by atoms with Gasteiger partial charge in [-0.2, -0.15) is 0 Å². The van der Waals surface area contributed by atoms with E-state index in [0.717, 1.165) is 5.56 Å². The summed E-state index contributed by atoms with van der Waals surface area (Å²) >= 11 is 0. The monoisotopic (exact) mass is 432 g/mol. The molecule has 0 bridgehead atoms. The maximum absolute atomic E-state index is 13.0. The highest BCUT2D eigenvalue weighted by molar-refractivity contribution is 5.91. The number of ether oxygens (including phenoxy) is 3. The van der Waals surface area contributed by atoms with Crippen molar-refractivity contribution in [2.45, 2.75) is 58.3 Å². The number of methoxy groups -OCH3 is 1. The number of carbonyl (C=O) groups is 3. The van der Waals surface area contributed by atoms with Gasteiger partial charge in [-0.3, -0.25) is 9.59 Å². The van der Waals surface area contributed by atoms with Crippen molar-refractivity contribution in [1.82, 2.24) is 0 Å². The zero-order valence-corrected chi connectivity index (χ0v) is 18.1. The van der Waals surface area contributed by atoms with Crippen LogP contribution in [-0.4, -0.2) is 42.3 Å². The first-order valence-electron chi connectivity index (χ1n) is 10.5. The lowest BCUT2D eigenvalue weighted by molar-refractivity contribution is -0.210. The molecule has 168 valence electrons. The number of furan rings is 1. The van der Waals surface area contributed by atoms with Crippen LogP contribution < -0.4 is 0 Å². The summed E-state index contributed by atoms with van der Waals surface area (Å²) in [5, 5.41) is 11.4. The summed E-state index contributed by atoms with van der Waals surface area (Å²) in [7, 11) is 1.30. The van der Waals surface area contributed by atoms with Crippen molar-refractivity contribution in [2.24, 2.45) is 22.7 Å². The standard InChI is InChI=1S/C23H28O8/c1-12(24)30-16-9-15(20(26)28-4)22(2)7-5-14-21(27)31-17(13-6-8-29-11-13)10-23(14,3)19(22)18(16)25/h6,8-9,11,14,16-19,25H,5,7,10H2,1-4H3/t14-,16-,17-,18-,19-,22-,23-/m0/s1. The molecule has 4 rings (SSSR count). The van der Waals surface area contributed by atoms with E-state index in [9.17, 15) is 19.5 Å². The molecule has 1 N–H and O–H groups in total.